The average Bonchev–Trinajstić information content (AvgIpc) is 2.37. The molecule has 0 saturated carbocycles. The monoisotopic (exact) mass is 237 g/mol. The molecule has 4 heteroatoms. The van der Waals surface area contributed by atoms with Crippen LogP contribution in [0.3, 0.4) is 0 Å². The molecule has 1 N–H and O–H groups in total. The molecule has 0 aliphatic heterocycles. The summed E-state index contributed by atoms with van der Waals surface area (Å²) in [4.78, 5) is 11.6. The van der Waals surface area contributed by atoms with Crippen molar-refractivity contribution >= 4 is 5.97 Å². The summed E-state index contributed by atoms with van der Waals surface area (Å²) in [5.74, 6) is 0.521. The van der Waals surface area contributed by atoms with Gasteiger partial charge >= 0.3 is 5.97 Å². The number of rotatable bonds is 6. The van der Waals surface area contributed by atoms with Gasteiger partial charge in [-0.25, -0.2) is 4.79 Å². The van der Waals surface area contributed by atoms with E-state index in [9.17, 15) is 4.79 Å². The first-order valence-electron chi connectivity index (χ1n) is 5.76. The Hall–Kier alpha value is -1.55. The van der Waals surface area contributed by atoms with Gasteiger partial charge in [-0.3, -0.25) is 0 Å². The van der Waals surface area contributed by atoms with E-state index in [4.69, 9.17) is 9.47 Å². The standard InChI is InChI=1S/C13H19NO3/c1-4-14-12(13(15)16-3)10-6-8-11(9-7-10)17-5-2/h6-9,12,14H,4-5H2,1-3H3. The molecule has 0 heterocycles. The van der Waals surface area contributed by atoms with Gasteiger partial charge in [-0.2, -0.15) is 0 Å². The van der Waals surface area contributed by atoms with Gasteiger partial charge in [0, 0.05) is 0 Å². The maximum absolute atomic E-state index is 11.6. The highest BCUT2D eigenvalue weighted by Gasteiger charge is 2.19. The van der Waals surface area contributed by atoms with Crippen molar-refractivity contribution in [1.29, 1.82) is 0 Å². The van der Waals surface area contributed by atoms with Crippen LogP contribution < -0.4 is 10.1 Å². The Morgan fingerprint density at radius 1 is 1.29 bits per heavy atom. The van der Waals surface area contributed by atoms with Crippen molar-refractivity contribution in [2.45, 2.75) is 19.9 Å². The molecule has 1 aromatic rings. The summed E-state index contributed by atoms with van der Waals surface area (Å²) in [6.45, 7) is 5.22. The predicted octanol–water partition coefficient (Wildman–Crippen LogP) is 1.91. The lowest BCUT2D eigenvalue weighted by atomic mass is 10.1. The number of carbonyl (C=O) groups excluding carboxylic acids is 1. The Bertz CT molecular complexity index is 348. The molecule has 1 aromatic carbocycles. The lowest BCUT2D eigenvalue weighted by molar-refractivity contribution is -0.143. The third-order valence-corrected chi connectivity index (χ3v) is 2.37. The largest absolute Gasteiger partial charge is 0.494 e. The molecule has 4 nitrogen and oxygen atoms in total. The van der Waals surface area contributed by atoms with E-state index >= 15 is 0 Å². The number of hydrogen-bond acceptors (Lipinski definition) is 4. The average molecular weight is 237 g/mol. The summed E-state index contributed by atoms with van der Waals surface area (Å²) in [6, 6.07) is 7.03. The Balaban J connectivity index is 2.83. The minimum atomic E-state index is -0.416. The van der Waals surface area contributed by atoms with Crippen LogP contribution in [0, 0.1) is 0 Å². The Morgan fingerprint density at radius 2 is 1.94 bits per heavy atom. The Labute approximate surface area is 102 Å². The van der Waals surface area contributed by atoms with Crippen LogP contribution in [-0.2, 0) is 9.53 Å². The third kappa shape index (κ3) is 3.75. The van der Waals surface area contributed by atoms with E-state index in [0.717, 1.165) is 11.3 Å². The molecule has 1 atom stereocenters. The number of ether oxygens (including phenoxy) is 2. The Kier molecular flexibility index (Phi) is 5.49. The molecule has 17 heavy (non-hydrogen) atoms. The minimum absolute atomic E-state index is 0.281. The van der Waals surface area contributed by atoms with Gasteiger partial charge in [0.2, 0.25) is 0 Å². The van der Waals surface area contributed by atoms with Crippen LogP contribution in [0.15, 0.2) is 24.3 Å². The van der Waals surface area contributed by atoms with Gasteiger partial charge in [-0.15, -0.1) is 0 Å². The molecule has 0 radical (unpaired) electrons. The fourth-order valence-electron chi connectivity index (χ4n) is 1.58. The quantitative estimate of drug-likeness (QED) is 0.768. The van der Waals surface area contributed by atoms with Crippen LogP contribution in [0.5, 0.6) is 5.75 Å². The van der Waals surface area contributed by atoms with E-state index in [1.165, 1.54) is 7.11 Å². The smallest absolute Gasteiger partial charge is 0.327 e. The van der Waals surface area contributed by atoms with Gasteiger partial charge in [0.1, 0.15) is 11.8 Å². The summed E-state index contributed by atoms with van der Waals surface area (Å²) in [6.07, 6.45) is 0. The molecule has 0 spiro atoms. The highest BCUT2D eigenvalue weighted by Crippen LogP contribution is 2.18. The van der Waals surface area contributed by atoms with Crippen LogP contribution in [0.1, 0.15) is 25.5 Å². The number of carbonyl (C=O) groups is 1. The van der Waals surface area contributed by atoms with Gasteiger partial charge in [0.05, 0.1) is 13.7 Å². The summed E-state index contributed by atoms with van der Waals surface area (Å²) in [7, 11) is 1.39. The fraction of sp³-hybridized carbons (Fsp3) is 0.462. The van der Waals surface area contributed by atoms with Crippen molar-refractivity contribution in [1.82, 2.24) is 5.32 Å². The number of esters is 1. The number of methoxy groups -OCH3 is 1. The van der Waals surface area contributed by atoms with E-state index < -0.39 is 6.04 Å². The molecule has 0 aliphatic carbocycles. The van der Waals surface area contributed by atoms with Crippen molar-refractivity contribution in [2.24, 2.45) is 0 Å². The zero-order valence-electron chi connectivity index (χ0n) is 10.5. The zero-order valence-corrected chi connectivity index (χ0v) is 10.5. The molecule has 0 aromatic heterocycles. The molecule has 94 valence electrons. The molecule has 1 rings (SSSR count). The first kappa shape index (κ1) is 13.5. The maximum Gasteiger partial charge on any atom is 0.327 e. The van der Waals surface area contributed by atoms with E-state index in [-0.39, 0.29) is 5.97 Å². The molecular formula is C13H19NO3. The van der Waals surface area contributed by atoms with Gasteiger partial charge < -0.3 is 14.8 Å². The highest BCUT2D eigenvalue weighted by atomic mass is 16.5. The molecule has 0 amide bonds. The normalized spacial score (nSPS) is 11.9. The first-order valence-corrected chi connectivity index (χ1v) is 5.76. The maximum atomic E-state index is 11.6. The first-order chi connectivity index (χ1) is 8.22. The zero-order chi connectivity index (χ0) is 12.7. The van der Waals surface area contributed by atoms with Crippen molar-refractivity contribution < 1.29 is 14.3 Å². The second kappa shape index (κ2) is 6.91. The summed E-state index contributed by atoms with van der Waals surface area (Å²) >= 11 is 0. The fourth-order valence-corrected chi connectivity index (χ4v) is 1.58. The van der Waals surface area contributed by atoms with Crippen molar-refractivity contribution in [3.63, 3.8) is 0 Å². The van der Waals surface area contributed by atoms with Gasteiger partial charge in [0.25, 0.3) is 0 Å². The minimum Gasteiger partial charge on any atom is -0.494 e. The van der Waals surface area contributed by atoms with Gasteiger partial charge in [0.15, 0.2) is 0 Å². The molecule has 0 fully saturated rings. The molecule has 0 saturated heterocycles. The van der Waals surface area contributed by atoms with Crippen molar-refractivity contribution in [3.8, 4) is 5.75 Å². The second-order valence-corrected chi connectivity index (χ2v) is 3.52. The van der Waals surface area contributed by atoms with Crippen LogP contribution in [0.2, 0.25) is 0 Å². The summed E-state index contributed by atoms with van der Waals surface area (Å²) < 4.78 is 10.1. The van der Waals surface area contributed by atoms with E-state index in [0.29, 0.717) is 13.2 Å². The molecular weight excluding hydrogens is 218 g/mol. The van der Waals surface area contributed by atoms with Crippen LogP contribution in [0.25, 0.3) is 0 Å². The number of likely N-dealkylation sites (N-methyl/N-ethyl adjacent to an activating group) is 1. The topological polar surface area (TPSA) is 47.6 Å². The summed E-state index contributed by atoms with van der Waals surface area (Å²) in [5.41, 5.74) is 0.877. The highest BCUT2D eigenvalue weighted by molar-refractivity contribution is 5.77. The number of hydrogen-bond donors (Lipinski definition) is 1. The molecule has 0 bridgehead atoms. The van der Waals surface area contributed by atoms with Crippen molar-refractivity contribution in [2.75, 3.05) is 20.3 Å². The van der Waals surface area contributed by atoms with Gasteiger partial charge in [-0.1, -0.05) is 19.1 Å². The summed E-state index contributed by atoms with van der Waals surface area (Å²) in [5, 5.41) is 3.09. The molecule has 0 aliphatic rings. The third-order valence-electron chi connectivity index (χ3n) is 2.37. The lowest BCUT2D eigenvalue weighted by Crippen LogP contribution is -2.29. The number of nitrogens with one attached hydrogen (secondary N) is 1. The Morgan fingerprint density at radius 3 is 2.41 bits per heavy atom. The second-order valence-electron chi connectivity index (χ2n) is 3.52. The van der Waals surface area contributed by atoms with Crippen LogP contribution in [-0.4, -0.2) is 26.2 Å². The van der Waals surface area contributed by atoms with Crippen LogP contribution >= 0.6 is 0 Å². The lowest BCUT2D eigenvalue weighted by Gasteiger charge is -2.16. The molecule has 1 unspecified atom stereocenters. The SMILES string of the molecule is CCNC(C(=O)OC)c1ccc(OCC)cc1. The van der Waals surface area contributed by atoms with Crippen LogP contribution in [0.4, 0.5) is 0 Å². The van der Waals surface area contributed by atoms with E-state index in [1.54, 1.807) is 0 Å². The van der Waals surface area contributed by atoms with Crippen molar-refractivity contribution in [3.05, 3.63) is 29.8 Å². The van der Waals surface area contributed by atoms with Gasteiger partial charge in [-0.05, 0) is 31.2 Å². The van der Waals surface area contributed by atoms with E-state index in [2.05, 4.69) is 5.32 Å². The predicted molar refractivity (Wildman–Crippen MR) is 66.0 cm³/mol. The number of benzene rings is 1. The van der Waals surface area contributed by atoms with E-state index in [1.807, 2.05) is 38.1 Å².